The summed E-state index contributed by atoms with van der Waals surface area (Å²) < 4.78 is 5.60. The van der Waals surface area contributed by atoms with E-state index >= 15 is 0 Å². The van der Waals surface area contributed by atoms with Crippen LogP contribution in [-0.4, -0.2) is 36.2 Å². The van der Waals surface area contributed by atoms with Gasteiger partial charge >= 0.3 is 0 Å². The maximum Gasteiger partial charge on any atom is 0.269 e. The Bertz CT molecular complexity index is 537. The third kappa shape index (κ3) is 5.86. The predicted molar refractivity (Wildman–Crippen MR) is 89.5 cm³/mol. The zero-order chi connectivity index (χ0) is 16.7. The standard InChI is InChI=1S/C16H24N4O3/c1-12(2)19-16(18-11-15-4-3-9-23-15)17-10-13-5-7-14(8-6-13)20(21)22/h5-8,12,15H,3-4,9-11H2,1-2H3,(H2,17,18,19). The summed E-state index contributed by atoms with van der Waals surface area (Å²) in [7, 11) is 0. The van der Waals surface area contributed by atoms with E-state index < -0.39 is 4.92 Å². The van der Waals surface area contributed by atoms with Crippen LogP contribution in [0.15, 0.2) is 29.3 Å². The minimum absolute atomic E-state index is 0.0924. The molecule has 0 amide bonds. The van der Waals surface area contributed by atoms with Gasteiger partial charge in [-0.1, -0.05) is 12.1 Å². The zero-order valence-corrected chi connectivity index (χ0v) is 13.6. The van der Waals surface area contributed by atoms with Crippen LogP contribution in [0.1, 0.15) is 32.3 Å². The van der Waals surface area contributed by atoms with Crippen LogP contribution in [0.25, 0.3) is 0 Å². The quantitative estimate of drug-likeness (QED) is 0.363. The number of nitro groups is 1. The Morgan fingerprint density at radius 3 is 2.74 bits per heavy atom. The van der Waals surface area contributed by atoms with Gasteiger partial charge in [-0.25, -0.2) is 4.99 Å². The van der Waals surface area contributed by atoms with Crippen molar-refractivity contribution in [3.63, 3.8) is 0 Å². The summed E-state index contributed by atoms with van der Waals surface area (Å²) >= 11 is 0. The molecule has 1 aromatic rings. The molecule has 0 aromatic heterocycles. The van der Waals surface area contributed by atoms with Gasteiger partial charge in [0, 0.05) is 31.3 Å². The van der Waals surface area contributed by atoms with Gasteiger partial charge in [0.2, 0.25) is 0 Å². The average molecular weight is 320 g/mol. The molecule has 2 rings (SSSR count). The van der Waals surface area contributed by atoms with Crippen LogP contribution < -0.4 is 10.6 Å². The molecular weight excluding hydrogens is 296 g/mol. The Morgan fingerprint density at radius 2 is 2.17 bits per heavy atom. The zero-order valence-electron chi connectivity index (χ0n) is 13.6. The molecule has 126 valence electrons. The lowest BCUT2D eigenvalue weighted by molar-refractivity contribution is -0.384. The van der Waals surface area contributed by atoms with Gasteiger partial charge in [-0.2, -0.15) is 0 Å². The number of guanidine groups is 1. The highest BCUT2D eigenvalue weighted by atomic mass is 16.6. The topological polar surface area (TPSA) is 88.8 Å². The number of ether oxygens (including phenoxy) is 1. The smallest absolute Gasteiger partial charge is 0.269 e. The van der Waals surface area contributed by atoms with Crippen molar-refractivity contribution in [1.29, 1.82) is 0 Å². The number of hydrogen-bond acceptors (Lipinski definition) is 4. The summed E-state index contributed by atoms with van der Waals surface area (Å²) in [6.45, 7) is 6.13. The van der Waals surface area contributed by atoms with Crippen LogP contribution in [0, 0.1) is 10.1 Å². The molecule has 1 aromatic carbocycles. The fourth-order valence-electron chi connectivity index (χ4n) is 2.34. The van der Waals surface area contributed by atoms with Gasteiger partial charge in [-0.05, 0) is 32.3 Å². The van der Waals surface area contributed by atoms with Gasteiger partial charge in [-0.15, -0.1) is 0 Å². The number of nitrogens with one attached hydrogen (secondary N) is 2. The second-order valence-electron chi connectivity index (χ2n) is 5.90. The molecular formula is C16H24N4O3. The van der Waals surface area contributed by atoms with E-state index in [2.05, 4.69) is 29.5 Å². The number of hydrogen-bond donors (Lipinski definition) is 2. The molecule has 7 nitrogen and oxygen atoms in total. The molecule has 1 saturated heterocycles. The summed E-state index contributed by atoms with van der Waals surface area (Å²) in [4.78, 5) is 14.8. The fourth-order valence-corrected chi connectivity index (χ4v) is 2.34. The van der Waals surface area contributed by atoms with Crippen LogP contribution >= 0.6 is 0 Å². The number of rotatable bonds is 6. The van der Waals surface area contributed by atoms with E-state index in [1.54, 1.807) is 12.1 Å². The van der Waals surface area contributed by atoms with E-state index in [9.17, 15) is 10.1 Å². The molecule has 7 heteroatoms. The van der Waals surface area contributed by atoms with Crippen molar-refractivity contribution < 1.29 is 9.66 Å². The van der Waals surface area contributed by atoms with Crippen LogP contribution in [0.5, 0.6) is 0 Å². The normalized spacial score (nSPS) is 18.2. The van der Waals surface area contributed by atoms with E-state index in [1.165, 1.54) is 12.1 Å². The lowest BCUT2D eigenvalue weighted by Gasteiger charge is -2.17. The molecule has 1 aliphatic heterocycles. The van der Waals surface area contributed by atoms with Gasteiger partial charge in [0.15, 0.2) is 5.96 Å². The molecule has 2 N–H and O–H groups in total. The monoisotopic (exact) mass is 320 g/mol. The van der Waals surface area contributed by atoms with Crippen molar-refractivity contribution >= 4 is 11.6 Å². The first-order valence-corrected chi connectivity index (χ1v) is 7.94. The van der Waals surface area contributed by atoms with E-state index in [0.29, 0.717) is 6.54 Å². The first-order valence-electron chi connectivity index (χ1n) is 7.94. The second kappa shape index (κ2) is 8.47. The summed E-state index contributed by atoms with van der Waals surface area (Å²) in [6.07, 6.45) is 2.43. The van der Waals surface area contributed by atoms with E-state index in [-0.39, 0.29) is 17.8 Å². The Morgan fingerprint density at radius 1 is 1.43 bits per heavy atom. The van der Waals surface area contributed by atoms with Crippen LogP contribution in [0.3, 0.4) is 0 Å². The molecule has 23 heavy (non-hydrogen) atoms. The summed E-state index contributed by atoms with van der Waals surface area (Å²) in [5, 5.41) is 17.2. The maximum atomic E-state index is 10.7. The van der Waals surface area contributed by atoms with Crippen LogP contribution in [0.2, 0.25) is 0 Å². The summed E-state index contributed by atoms with van der Waals surface area (Å²) in [5.41, 5.74) is 1.02. The van der Waals surface area contributed by atoms with E-state index in [0.717, 1.165) is 37.5 Å². The van der Waals surface area contributed by atoms with Crippen molar-refractivity contribution in [2.45, 2.75) is 45.4 Å². The second-order valence-corrected chi connectivity index (χ2v) is 5.90. The highest BCUT2D eigenvalue weighted by molar-refractivity contribution is 5.80. The molecule has 0 saturated carbocycles. The Labute approximate surface area is 136 Å². The molecule has 1 atom stereocenters. The molecule has 1 aliphatic rings. The molecule has 0 aliphatic carbocycles. The van der Waals surface area contributed by atoms with Gasteiger partial charge in [0.05, 0.1) is 17.6 Å². The number of nitrogens with zero attached hydrogens (tertiary/aromatic N) is 2. The summed E-state index contributed by atoms with van der Waals surface area (Å²) in [6, 6.07) is 6.73. The van der Waals surface area contributed by atoms with Crippen molar-refractivity contribution in [3.05, 3.63) is 39.9 Å². The lowest BCUT2D eigenvalue weighted by Crippen LogP contribution is -2.44. The SMILES string of the molecule is CC(C)NC(=NCc1ccc([N+](=O)[O-])cc1)NCC1CCCO1. The average Bonchev–Trinajstić information content (AvgIpc) is 3.03. The number of aliphatic imine (C=N–C) groups is 1. The van der Waals surface area contributed by atoms with E-state index in [1.807, 2.05) is 0 Å². The van der Waals surface area contributed by atoms with Gasteiger partial charge < -0.3 is 15.4 Å². The predicted octanol–water partition coefficient (Wildman–Crippen LogP) is 2.22. The molecule has 0 radical (unpaired) electrons. The van der Waals surface area contributed by atoms with Crippen molar-refractivity contribution in [3.8, 4) is 0 Å². The van der Waals surface area contributed by atoms with Crippen LogP contribution in [-0.2, 0) is 11.3 Å². The minimum Gasteiger partial charge on any atom is -0.376 e. The highest BCUT2D eigenvalue weighted by Gasteiger charge is 2.15. The van der Waals surface area contributed by atoms with Crippen LogP contribution in [0.4, 0.5) is 5.69 Å². The maximum absolute atomic E-state index is 10.7. The molecule has 1 heterocycles. The molecule has 1 unspecified atom stereocenters. The molecule has 0 spiro atoms. The highest BCUT2D eigenvalue weighted by Crippen LogP contribution is 2.13. The van der Waals surface area contributed by atoms with Gasteiger partial charge in [-0.3, -0.25) is 10.1 Å². The first kappa shape index (κ1) is 17.2. The third-order valence-corrected chi connectivity index (χ3v) is 3.51. The number of non-ortho nitro benzene ring substituents is 1. The molecule has 1 fully saturated rings. The Hall–Kier alpha value is -2.15. The third-order valence-electron chi connectivity index (χ3n) is 3.51. The number of benzene rings is 1. The van der Waals surface area contributed by atoms with Crippen molar-refractivity contribution in [1.82, 2.24) is 10.6 Å². The Kier molecular flexibility index (Phi) is 6.34. The van der Waals surface area contributed by atoms with Gasteiger partial charge in [0.25, 0.3) is 5.69 Å². The Balaban J connectivity index is 1.93. The van der Waals surface area contributed by atoms with E-state index in [4.69, 9.17) is 4.74 Å². The minimum atomic E-state index is -0.401. The fraction of sp³-hybridized carbons (Fsp3) is 0.562. The summed E-state index contributed by atoms with van der Waals surface area (Å²) in [5.74, 6) is 0.730. The van der Waals surface area contributed by atoms with Crippen molar-refractivity contribution in [2.24, 2.45) is 4.99 Å². The lowest BCUT2D eigenvalue weighted by atomic mass is 10.2. The molecule has 0 bridgehead atoms. The number of nitro benzene ring substituents is 1. The van der Waals surface area contributed by atoms with Crippen molar-refractivity contribution in [2.75, 3.05) is 13.2 Å². The van der Waals surface area contributed by atoms with Gasteiger partial charge in [0.1, 0.15) is 0 Å². The largest absolute Gasteiger partial charge is 0.376 e. The first-order chi connectivity index (χ1) is 11.0.